The molecule has 124 valence electrons. The van der Waals surface area contributed by atoms with Gasteiger partial charge in [-0.15, -0.1) is 0 Å². The number of benzene rings is 2. The van der Waals surface area contributed by atoms with Crippen molar-refractivity contribution in [2.75, 3.05) is 0 Å². The molecule has 0 radical (unpaired) electrons. The smallest absolute Gasteiger partial charge is 0.194 e. The summed E-state index contributed by atoms with van der Waals surface area (Å²) in [5.41, 5.74) is 3.17. The predicted molar refractivity (Wildman–Crippen MR) is 96.8 cm³/mol. The molecule has 0 fully saturated rings. The summed E-state index contributed by atoms with van der Waals surface area (Å²) < 4.78 is 0. The van der Waals surface area contributed by atoms with Gasteiger partial charge in [-0.1, -0.05) is 71.4 Å². The first-order chi connectivity index (χ1) is 11.2. The number of ketones is 2. The van der Waals surface area contributed by atoms with Crippen molar-refractivity contribution in [2.45, 2.75) is 46.5 Å². The zero-order chi connectivity index (χ0) is 17.7. The topological polar surface area (TPSA) is 34.1 Å². The Kier molecular flexibility index (Phi) is 3.75. The predicted octanol–water partition coefficient (Wildman–Crippen LogP) is 5.18. The van der Waals surface area contributed by atoms with Crippen molar-refractivity contribution in [3.05, 3.63) is 70.3 Å². The van der Waals surface area contributed by atoms with Gasteiger partial charge in [0.25, 0.3) is 0 Å². The Hall–Kier alpha value is -2.22. The van der Waals surface area contributed by atoms with Crippen LogP contribution in [0.25, 0.3) is 0 Å². The van der Waals surface area contributed by atoms with Gasteiger partial charge in [0.15, 0.2) is 11.6 Å². The van der Waals surface area contributed by atoms with Gasteiger partial charge >= 0.3 is 0 Å². The maximum atomic E-state index is 12.9. The molecule has 2 nitrogen and oxygen atoms in total. The molecule has 3 rings (SSSR count). The highest BCUT2D eigenvalue weighted by Gasteiger charge is 2.38. The summed E-state index contributed by atoms with van der Waals surface area (Å²) in [6, 6.07) is 12.9. The number of carbonyl (C=O) groups excluding carboxylic acids is 2. The van der Waals surface area contributed by atoms with Crippen molar-refractivity contribution in [3.8, 4) is 0 Å². The van der Waals surface area contributed by atoms with E-state index in [0.29, 0.717) is 22.3 Å². The third kappa shape index (κ3) is 2.24. The molecule has 2 heteroatoms. The van der Waals surface area contributed by atoms with Crippen LogP contribution < -0.4 is 0 Å². The highest BCUT2D eigenvalue weighted by molar-refractivity contribution is 6.28. The molecule has 1 aliphatic rings. The molecule has 0 aliphatic heterocycles. The lowest BCUT2D eigenvalue weighted by Gasteiger charge is -2.42. The van der Waals surface area contributed by atoms with Crippen LogP contribution in [0, 0.1) is 5.41 Å². The maximum absolute atomic E-state index is 12.9. The van der Waals surface area contributed by atoms with E-state index >= 15 is 0 Å². The second-order valence-corrected chi connectivity index (χ2v) is 7.83. The molecule has 0 saturated heterocycles. The molecule has 0 N–H and O–H groups in total. The Labute approximate surface area is 143 Å². The van der Waals surface area contributed by atoms with Crippen LogP contribution in [-0.4, -0.2) is 11.6 Å². The zero-order valence-corrected chi connectivity index (χ0v) is 15.1. The van der Waals surface area contributed by atoms with Gasteiger partial charge in [0.2, 0.25) is 0 Å². The number of fused-ring (bicyclic) bond motifs is 2. The summed E-state index contributed by atoms with van der Waals surface area (Å²) in [7, 11) is 0. The Balaban J connectivity index is 2.16. The minimum Gasteiger partial charge on any atom is -0.289 e. The van der Waals surface area contributed by atoms with Crippen LogP contribution in [0.4, 0.5) is 0 Å². The Morgan fingerprint density at radius 1 is 0.750 bits per heavy atom. The van der Waals surface area contributed by atoms with Gasteiger partial charge in [0, 0.05) is 22.3 Å². The Morgan fingerprint density at radius 3 is 1.79 bits per heavy atom. The first-order valence-electron chi connectivity index (χ1n) is 8.53. The lowest BCUT2D eigenvalue weighted by Crippen LogP contribution is -2.36. The van der Waals surface area contributed by atoms with Crippen molar-refractivity contribution in [1.29, 1.82) is 0 Å². The molecule has 0 unspecified atom stereocenters. The molecule has 0 heterocycles. The first kappa shape index (κ1) is 16.6. The summed E-state index contributed by atoms with van der Waals surface area (Å²) in [5.74, 6) is -0.105. The molecule has 2 aromatic rings. The van der Waals surface area contributed by atoms with Crippen molar-refractivity contribution < 1.29 is 9.59 Å². The largest absolute Gasteiger partial charge is 0.289 e. The molecular formula is C22H24O2. The average Bonchev–Trinajstić information content (AvgIpc) is 2.59. The highest BCUT2D eigenvalue weighted by Crippen LogP contribution is 2.44. The zero-order valence-electron chi connectivity index (χ0n) is 15.1. The van der Waals surface area contributed by atoms with Gasteiger partial charge in [0.05, 0.1) is 0 Å². The average molecular weight is 320 g/mol. The van der Waals surface area contributed by atoms with E-state index in [0.717, 1.165) is 12.0 Å². The minimum atomic E-state index is -0.100. The number of carbonyl (C=O) groups is 2. The Morgan fingerprint density at radius 2 is 1.25 bits per heavy atom. The Bertz CT molecular complexity index is 841. The van der Waals surface area contributed by atoms with Crippen LogP contribution in [0.15, 0.2) is 42.5 Å². The van der Waals surface area contributed by atoms with E-state index in [1.54, 1.807) is 18.2 Å². The van der Waals surface area contributed by atoms with Crippen LogP contribution in [0.1, 0.15) is 78.4 Å². The molecular weight excluding hydrogens is 296 g/mol. The summed E-state index contributed by atoms with van der Waals surface area (Å²) >= 11 is 0. The molecule has 0 saturated carbocycles. The van der Waals surface area contributed by atoms with Gasteiger partial charge in [-0.25, -0.2) is 0 Å². The molecule has 1 aliphatic carbocycles. The fourth-order valence-corrected chi connectivity index (χ4v) is 3.32. The number of hydrogen-bond acceptors (Lipinski definition) is 2. The van der Waals surface area contributed by atoms with Crippen LogP contribution in [0.3, 0.4) is 0 Å². The second-order valence-electron chi connectivity index (χ2n) is 7.83. The third-order valence-electron chi connectivity index (χ3n) is 6.22. The molecule has 0 amide bonds. The fraction of sp³-hybridized carbons (Fsp3) is 0.364. The van der Waals surface area contributed by atoms with Crippen LogP contribution in [0.5, 0.6) is 0 Å². The van der Waals surface area contributed by atoms with Gasteiger partial charge in [-0.2, -0.15) is 0 Å². The molecule has 24 heavy (non-hydrogen) atoms. The van der Waals surface area contributed by atoms with Gasteiger partial charge < -0.3 is 0 Å². The van der Waals surface area contributed by atoms with E-state index in [9.17, 15) is 9.59 Å². The van der Waals surface area contributed by atoms with E-state index in [1.165, 1.54) is 0 Å². The van der Waals surface area contributed by atoms with E-state index in [1.807, 2.05) is 24.3 Å². The summed E-state index contributed by atoms with van der Waals surface area (Å²) in [6.07, 6.45) is 1.03. The molecule has 0 aromatic heterocycles. The standard InChI is InChI=1S/C22H24O2/c1-6-21(2,3)22(4,5)14-11-12-17-18(13-14)20(24)16-10-8-7-9-15(16)19(17)23/h7-13H,6H2,1-5H3. The van der Waals surface area contributed by atoms with E-state index < -0.39 is 0 Å². The van der Waals surface area contributed by atoms with Crippen molar-refractivity contribution >= 4 is 11.6 Å². The van der Waals surface area contributed by atoms with E-state index in [4.69, 9.17) is 0 Å². The number of rotatable bonds is 3. The molecule has 0 atom stereocenters. The summed E-state index contributed by atoms with van der Waals surface area (Å²) in [6.45, 7) is 11.1. The van der Waals surface area contributed by atoms with Crippen LogP contribution >= 0.6 is 0 Å². The van der Waals surface area contributed by atoms with Crippen molar-refractivity contribution in [3.63, 3.8) is 0 Å². The quantitative estimate of drug-likeness (QED) is 0.666. The maximum Gasteiger partial charge on any atom is 0.194 e. The molecule has 0 spiro atoms. The highest BCUT2D eigenvalue weighted by atomic mass is 16.1. The molecule has 0 bridgehead atoms. The normalized spacial score (nSPS) is 14.4. The van der Waals surface area contributed by atoms with Crippen molar-refractivity contribution in [1.82, 2.24) is 0 Å². The lowest BCUT2D eigenvalue weighted by atomic mass is 9.62. The third-order valence-corrected chi connectivity index (χ3v) is 6.22. The van der Waals surface area contributed by atoms with Crippen molar-refractivity contribution in [2.24, 2.45) is 5.41 Å². The summed E-state index contributed by atoms with van der Waals surface area (Å²) in [5, 5.41) is 0. The van der Waals surface area contributed by atoms with Crippen LogP contribution in [-0.2, 0) is 5.41 Å². The van der Waals surface area contributed by atoms with Gasteiger partial charge in [0.1, 0.15) is 0 Å². The van der Waals surface area contributed by atoms with E-state index in [-0.39, 0.29) is 22.4 Å². The monoisotopic (exact) mass is 320 g/mol. The SMILES string of the molecule is CCC(C)(C)C(C)(C)c1ccc2c(c1)C(=O)c1ccccc1C2=O. The minimum absolute atomic E-state index is 0.0489. The van der Waals surface area contributed by atoms with Gasteiger partial charge in [-0.05, 0) is 28.5 Å². The summed E-state index contributed by atoms with van der Waals surface area (Å²) in [4.78, 5) is 25.6. The lowest BCUT2D eigenvalue weighted by molar-refractivity contribution is 0.0978. The van der Waals surface area contributed by atoms with E-state index in [2.05, 4.69) is 34.6 Å². The first-order valence-corrected chi connectivity index (χ1v) is 8.53. The van der Waals surface area contributed by atoms with Crippen LogP contribution in [0.2, 0.25) is 0 Å². The molecule has 2 aromatic carbocycles. The van der Waals surface area contributed by atoms with Gasteiger partial charge in [-0.3, -0.25) is 9.59 Å². The fourth-order valence-electron chi connectivity index (χ4n) is 3.32. The second kappa shape index (κ2) is 5.41. The number of hydrogen-bond donors (Lipinski definition) is 0.